The van der Waals surface area contributed by atoms with Crippen LogP contribution in [0, 0.1) is 6.92 Å². The predicted molar refractivity (Wildman–Crippen MR) is 53.7 cm³/mol. The number of hydrogen-bond donors (Lipinski definition) is 0. The van der Waals surface area contributed by atoms with Gasteiger partial charge in [-0.05, 0) is 18.6 Å². The average Bonchev–Trinajstić information content (AvgIpc) is 2.66. The van der Waals surface area contributed by atoms with Gasteiger partial charge in [0.15, 0.2) is 12.1 Å². The second-order valence-corrected chi connectivity index (χ2v) is 3.06. The van der Waals surface area contributed by atoms with Crippen LogP contribution in [0.3, 0.4) is 0 Å². The molecule has 0 aliphatic heterocycles. The van der Waals surface area contributed by atoms with Gasteiger partial charge in [-0.3, -0.25) is 9.36 Å². The van der Waals surface area contributed by atoms with E-state index in [1.807, 2.05) is 31.2 Å². The van der Waals surface area contributed by atoms with E-state index in [0.717, 1.165) is 17.5 Å². The molecular formula is C11H10N2O. The number of hydrogen-bond acceptors (Lipinski definition) is 2. The minimum Gasteiger partial charge on any atom is -0.297 e. The summed E-state index contributed by atoms with van der Waals surface area (Å²) in [5, 5.41) is 0. The maximum atomic E-state index is 10.7. The van der Waals surface area contributed by atoms with Crippen LogP contribution >= 0.6 is 0 Å². The molecule has 0 unspecified atom stereocenters. The fourth-order valence-corrected chi connectivity index (χ4v) is 1.44. The smallest absolute Gasteiger partial charge is 0.185 e. The van der Waals surface area contributed by atoms with Crippen LogP contribution in [-0.2, 0) is 0 Å². The molecule has 14 heavy (non-hydrogen) atoms. The van der Waals surface area contributed by atoms with Gasteiger partial charge in [-0.25, -0.2) is 4.98 Å². The summed E-state index contributed by atoms with van der Waals surface area (Å²) >= 11 is 0. The van der Waals surface area contributed by atoms with Crippen molar-refractivity contribution in [2.45, 2.75) is 6.92 Å². The highest BCUT2D eigenvalue weighted by Crippen LogP contribution is 2.14. The third-order valence-corrected chi connectivity index (χ3v) is 2.15. The lowest BCUT2D eigenvalue weighted by atomic mass is 10.2. The first kappa shape index (κ1) is 8.69. The molecule has 2 aromatic rings. The van der Waals surface area contributed by atoms with Crippen LogP contribution in [0.2, 0.25) is 0 Å². The van der Waals surface area contributed by atoms with E-state index in [9.17, 15) is 4.79 Å². The second-order valence-electron chi connectivity index (χ2n) is 3.06. The zero-order valence-corrected chi connectivity index (χ0v) is 7.84. The standard InChI is InChI=1S/C11H10N2O/c1-9-4-2-3-5-10(9)13-7-6-12-11(13)8-14/h2-8H,1H3. The molecule has 0 amide bonds. The minimum atomic E-state index is 0.430. The van der Waals surface area contributed by atoms with Gasteiger partial charge < -0.3 is 0 Å². The highest BCUT2D eigenvalue weighted by atomic mass is 16.1. The summed E-state index contributed by atoms with van der Waals surface area (Å²) in [6, 6.07) is 7.88. The fraction of sp³-hybridized carbons (Fsp3) is 0.0909. The minimum absolute atomic E-state index is 0.430. The van der Waals surface area contributed by atoms with Gasteiger partial charge in [-0.1, -0.05) is 18.2 Å². The lowest BCUT2D eigenvalue weighted by Crippen LogP contribution is -2.00. The van der Waals surface area contributed by atoms with Crippen LogP contribution in [0.1, 0.15) is 16.2 Å². The molecule has 3 nitrogen and oxygen atoms in total. The Balaban J connectivity index is 2.60. The Morgan fingerprint density at radius 2 is 2.14 bits per heavy atom. The first-order valence-electron chi connectivity index (χ1n) is 4.37. The van der Waals surface area contributed by atoms with E-state index in [0.29, 0.717) is 5.82 Å². The molecule has 0 N–H and O–H groups in total. The third kappa shape index (κ3) is 1.33. The molecule has 0 saturated heterocycles. The van der Waals surface area contributed by atoms with Crippen molar-refractivity contribution in [1.82, 2.24) is 9.55 Å². The lowest BCUT2D eigenvalue weighted by Gasteiger charge is -2.06. The Morgan fingerprint density at radius 3 is 2.86 bits per heavy atom. The maximum absolute atomic E-state index is 10.7. The summed E-state index contributed by atoms with van der Waals surface area (Å²) < 4.78 is 1.78. The normalized spacial score (nSPS) is 10.1. The molecule has 0 saturated carbocycles. The third-order valence-electron chi connectivity index (χ3n) is 2.15. The molecule has 2 rings (SSSR count). The van der Waals surface area contributed by atoms with Crippen LogP contribution in [0.5, 0.6) is 0 Å². The van der Waals surface area contributed by atoms with E-state index >= 15 is 0 Å². The monoisotopic (exact) mass is 186 g/mol. The van der Waals surface area contributed by atoms with Crippen molar-refractivity contribution in [2.75, 3.05) is 0 Å². The zero-order chi connectivity index (χ0) is 9.97. The maximum Gasteiger partial charge on any atom is 0.185 e. The molecule has 70 valence electrons. The highest BCUT2D eigenvalue weighted by molar-refractivity contribution is 5.70. The number of nitrogens with zero attached hydrogens (tertiary/aromatic N) is 2. The van der Waals surface area contributed by atoms with Gasteiger partial charge in [0.05, 0.1) is 5.69 Å². The van der Waals surface area contributed by atoms with Gasteiger partial charge in [-0.2, -0.15) is 0 Å². The summed E-state index contributed by atoms with van der Waals surface area (Å²) in [4.78, 5) is 14.6. The molecule has 1 aromatic heterocycles. The van der Waals surface area contributed by atoms with Crippen molar-refractivity contribution in [3.8, 4) is 5.69 Å². The first-order chi connectivity index (χ1) is 6.83. The summed E-state index contributed by atoms with van der Waals surface area (Å²) in [5.74, 6) is 0.430. The summed E-state index contributed by atoms with van der Waals surface area (Å²) in [7, 11) is 0. The second kappa shape index (κ2) is 3.46. The number of aromatic nitrogens is 2. The molecule has 0 atom stereocenters. The van der Waals surface area contributed by atoms with Crippen LogP contribution < -0.4 is 0 Å². The van der Waals surface area contributed by atoms with E-state index in [4.69, 9.17) is 0 Å². The lowest BCUT2D eigenvalue weighted by molar-refractivity contribution is 0.111. The number of para-hydroxylation sites is 1. The van der Waals surface area contributed by atoms with E-state index < -0.39 is 0 Å². The van der Waals surface area contributed by atoms with Crippen molar-refractivity contribution >= 4 is 6.29 Å². The average molecular weight is 186 g/mol. The van der Waals surface area contributed by atoms with Crippen LogP contribution in [0.4, 0.5) is 0 Å². The molecular weight excluding hydrogens is 176 g/mol. The van der Waals surface area contributed by atoms with E-state index in [1.54, 1.807) is 17.0 Å². The van der Waals surface area contributed by atoms with E-state index in [-0.39, 0.29) is 0 Å². The Kier molecular flexibility index (Phi) is 2.14. The molecule has 3 heteroatoms. The molecule has 1 aromatic carbocycles. The molecule has 0 fully saturated rings. The van der Waals surface area contributed by atoms with Gasteiger partial charge in [0.1, 0.15) is 0 Å². The number of rotatable bonds is 2. The van der Waals surface area contributed by atoms with Gasteiger partial charge in [0.2, 0.25) is 0 Å². The zero-order valence-electron chi connectivity index (χ0n) is 7.84. The molecule has 0 radical (unpaired) electrons. The SMILES string of the molecule is Cc1ccccc1-n1ccnc1C=O. The molecule has 0 bridgehead atoms. The number of imidazole rings is 1. The van der Waals surface area contributed by atoms with Crippen LogP contribution in [0.15, 0.2) is 36.7 Å². The summed E-state index contributed by atoms with van der Waals surface area (Å²) in [6.45, 7) is 2.00. The van der Waals surface area contributed by atoms with E-state index in [2.05, 4.69) is 4.98 Å². The highest BCUT2D eigenvalue weighted by Gasteiger charge is 2.04. The number of aryl methyl sites for hydroxylation is 1. The number of carbonyl (C=O) groups is 1. The molecule has 0 spiro atoms. The quantitative estimate of drug-likeness (QED) is 0.672. The van der Waals surface area contributed by atoms with E-state index in [1.165, 1.54) is 0 Å². The van der Waals surface area contributed by atoms with Gasteiger partial charge >= 0.3 is 0 Å². The van der Waals surface area contributed by atoms with Gasteiger partial charge in [-0.15, -0.1) is 0 Å². The Bertz CT molecular complexity index is 460. The number of carbonyl (C=O) groups excluding carboxylic acids is 1. The number of benzene rings is 1. The number of aldehydes is 1. The molecule has 0 aliphatic carbocycles. The Labute approximate surface area is 82.0 Å². The predicted octanol–water partition coefficient (Wildman–Crippen LogP) is 1.99. The fourth-order valence-electron chi connectivity index (χ4n) is 1.44. The molecule has 1 heterocycles. The Morgan fingerprint density at radius 1 is 1.36 bits per heavy atom. The van der Waals surface area contributed by atoms with Gasteiger partial charge in [0.25, 0.3) is 0 Å². The summed E-state index contributed by atoms with van der Waals surface area (Å²) in [5.41, 5.74) is 2.11. The Hall–Kier alpha value is -1.90. The largest absolute Gasteiger partial charge is 0.297 e. The van der Waals surface area contributed by atoms with Crippen molar-refractivity contribution < 1.29 is 4.79 Å². The molecule has 0 aliphatic rings. The van der Waals surface area contributed by atoms with Gasteiger partial charge in [0, 0.05) is 12.4 Å². The van der Waals surface area contributed by atoms with Crippen molar-refractivity contribution in [1.29, 1.82) is 0 Å². The van der Waals surface area contributed by atoms with Crippen LogP contribution in [-0.4, -0.2) is 15.8 Å². The van der Waals surface area contributed by atoms with Crippen molar-refractivity contribution in [3.05, 3.63) is 48.0 Å². The van der Waals surface area contributed by atoms with Crippen molar-refractivity contribution in [2.24, 2.45) is 0 Å². The topological polar surface area (TPSA) is 34.9 Å². The first-order valence-corrected chi connectivity index (χ1v) is 4.37. The van der Waals surface area contributed by atoms with Crippen molar-refractivity contribution in [3.63, 3.8) is 0 Å². The summed E-state index contributed by atoms with van der Waals surface area (Å²) in [6.07, 6.45) is 4.16. The van der Waals surface area contributed by atoms with Crippen LogP contribution in [0.25, 0.3) is 5.69 Å².